The van der Waals surface area contributed by atoms with E-state index in [4.69, 9.17) is 4.74 Å². The molecule has 2 N–H and O–H groups in total. The van der Waals surface area contributed by atoms with Crippen molar-refractivity contribution in [2.75, 3.05) is 19.8 Å². The molecule has 0 spiro atoms. The van der Waals surface area contributed by atoms with Gasteiger partial charge in [-0.3, -0.25) is 4.79 Å². The quantitative estimate of drug-likeness (QED) is 0.821. The molecule has 1 amide bonds. The summed E-state index contributed by atoms with van der Waals surface area (Å²) in [6.45, 7) is 1.82. The van der Waals surface area contributed by atoms with Crippen LogP contribution < -0.4 is 5.32 Å². The number of carbonyl (C=O) groups excluding carboxylic acids is 1. The van der Waals surface area contributed by atoms with E-state index in [1.54, 1.807) is 18.2 Å². The van der Waals surface area contributed by atoms with Gasteiger partial charge in [0, 0.05) is 13.2 Å². The topological polar surface area (TPSA) is 58.6 Å². The third-order valence-corrected chi connectivity index (χ3v) is 2.92. The monoisotopic (exact) mass is 235 g/mol. The zero-order valence-corrected chi connectivity index (χ0v) is 9.69. The number of hydrogen-bond acceptors (Lipinski definition) is 3. The standard InChI is InChI=1S/C13H17NO3/c15-12-3-1-2-10(8-12)4-6-14-13(16)11-5-7-17-9-11/h1-3,8,11,15H,4-7,9H2,(H,14,16). The molecule has 0 radical (unpaired) electrons. The Morgan fingerprint density at radius 3 is 3.12 bits per heavy atom. The van der Waals surface area contributed by atoms with Gasteiger partial charge in [0.1, 0.15) is 5.75 Å². The van der Waals surface area contributed by atoms with Gasteiger partial charge in [-0.1, -0.05) is 12.1 Å². The molecular weight excluding hydrogens is 218 g/mol. The van der Waals surface area contributed by atoms with Crippen molar-refractivity contribution in [2.24, 2.45) is 5.92 Å². The van der Waals surface area contributed by atoms with E-state index >= 15 is 0 Å². The van der Waals surface area contributed by atoms with Gasteiger partial charge >= 0.3 is 0 Å². The first kappa shape index (κ1) is 11.9. The van der Waals surface area contributed by atoms with E-state index < -0.39 is 0 Å². The van der Waals surface area contributed by atoms with Crippen LogP contribution in [0, 0.1) is 5.92 Å². The maximum Gasteiger partial charge on any atom is 0.225 e. The van der Waals surface area contributed by atoms with Crippen LogP contribution >= 0.6 is 0 Å². The normalized spacial score (nSPS) is 19.2. The Balaban J connectivity index is 1.73. The van der Waals surface area contributed by atoms with E-state index in [0.717, 1.165) is 18.4 Å². The minimum absolute atomic E-state index is 0.0131. The van der Waals surface area contributed by atoms with Crippen LogP contribution in [0.1, 0.15) is 12.0 Å². The number of ether oxygens (including phenoxy) is 1. The summed E-state index contributed by atoms with van der Waals surface area (Å²) < 4.78 is 5.16. The van der Waals surface area contributed by atoms with E-state index in [1.165, 1.54) is 0 Å². The van der Waals surface area contributed by atoms with Crippen molar-refractivity contribution >= 4 is 5.91 Å². The van der Waals surface area contributed by atoms with Gasteiger partial charge in [-0.25, -0.2) is 0 Å². The molecule has 0 bridgehead atoms. The van der Waals surface area contributed by atoms with Crippen LogP contribution in [0.4, 0.5) is 0 Å². The third-order valence-electron chi connectivity index (χ3n) is 2.92. The summed E-state index contributed by atoms with van der Waals surface area (Å²) in [4.78, 5) is 11.7. The number of phenols is 1. The SMILES string of the molecule is O=C(NCCc1cccc(O)c1)C1CCOC1. The fourth-order valence-corrected chi connectivity index (χ4v) is 1.93. The first-order chi connectivity index (χ1) is 8.25. The largest absolute Gasteiger partial charge is 0.508 e. The van der Waals surface area contributed by atoms with Crippen molar-refractivity contribution in [3.05, 3.63) is 29.8 Å². The van der Waals surface area contributed by atoms with E-state index in [0.29, 0.717) is 19.8 Å². The predicted octanol–water partition coefficient (Wildman–Crippen LogP) is 1.09. The first-order valence-electron chi connectivity index (χ1n) is 5.89. The van der Waals surface area contributed by atoms with Gasteiger partial charge in [-0.15, -0.1) is 0 Å². The van der Waals surface area contributed by atoms with E-state index in [1.807, 2.05) is 6.07 Å². The molecule has 1 unspecified atom stereocenters. The lowest BCUT2D eigenvalue weighted by molar-refractivity contribution is -0.124. The van der Waals surface area contributed by atoms with Crippen molar-refractivity contribution in [2.45, 2.75) is 12.8 Å². The average Bonchev–Trinajstić information content (AvgIpc) is 2.82. The molecule has 0 aromatic heterocycles. The van der Waals surface area contributed by atoms with Gasteiger partial charge < -0.3 is 15.2 Å². The molecule has 2 rings (SSSR count). The Bertz CT molecular complexity index is 386. The Morgan fingerprint density at radius 2 is 2.41 bits per heavy atom. The molecule has 1 atom stereocenters. The first-order valence-corrected chi connectivity index (χ1v) is 5.89. The Hall–Kier alpha value is -1.55. The molecular formula is C13H17NO3. The molecule has 1 aromatic carbocycles. The second kappa shape index (κ2) is 5.68. The highest BCUT2D eigenvalue weighted by Gasteiger charge is 2.22. The van der Waals surface area contributed by atoms with Gasteiger partial charge in [-0.05, 0) is 30.5 Å². The lowest BCUT2D eigenvalue weighted by Crippen LogP contribution is -2.32. The molecule has 1 saturated heterocycles. The minimum atomic E-state index is 0.0131. The van der Waals surface area contributed by atoms with Crippen LogP contribution in [-0.4, -0.2) is 30.8 Å². The number of benzene rings is 1. The smallest absolute Gasteiger partial charge is 0.225 e. The van der Waals surface area contributed by atoms with Crippen LogP contribution in [0.15, 0.2) is 24.3 Å². The fraction of sp³-hybridized carbons (Fsp3) is 0.462. The van der Waals surface area contributed by atoms with E-state index in [-0.39, 0.29) is 17.6 Å². The number of hydrogen-bond donors (Lipinski definition) is 2. The van der Waals surface area contributed by atoms with E-state index in [2.05, 4.69) is 5.32 Å². The number of rotatable bonds is 4. The zero-order chi connectivity index (χ0) is 12.1. The van der Waals surface area contributed by atoms with Crippen molar-refractivity contribution in [1.82, 2.24) is 5.32 Å². The van der Waals surface area contributed by atoms with Gasteiger partial charge in [-0.2, -0.15) is 0 Å². The van der Waals surface area contributed by atoms with Crippen molar-refractivity contribution in [3.8, 4) is 5.75 Å². The Morgan fingerprint density at radius 1 is 1.53 bits per heavy atom. The van der Waals surface area contributed by atoms with Crippen molar-refractivity contribution in [3.63, 3.8) is 0 Å². The number of amides is 1. The van der Waals surface area contributed by atoms with Crippen LogP contribution in [0.2, 0.25) is 0 Å². The number of nitrogens with one attached hydrogen (secondary N) is 1. The molecule has 0 saturated carbocycles. The maximum absolute atomic E-state index is 11.7. The lowest BCUT2D eigenvalue weighted by Gasteiger charge is -2.09. The fourth-order valence-electron chi connectivity index (χ4n) is 1.93. The van der Waals surface area contributed by atoms with Crippen LogP contribution in [-0.2, 0) is 16.0 Å². The van der Waals surface area contributed by atoms with Crippen molar-refractivity contribution < 1.29 is 14.6 Å². The Labute approximate surface area is 101 Å². The molecule has 4 nitrogen and oxygen atoms in total. The molecule has 1 aliphatic heterocycles. The van der Waals surface area contributed by atoms with Gasteiger partial charge in [0.15, 0.2) is 0 Å². The number of carbonyl (C=O) groups is 1. The number of aromatic hydroxyl groups is 1. The molecule has 1 heterocycles. The molecule has 0 aliphatic carbocycles. The summed E-state index contributed by atoms with van der Waals surface area (Å²) in [5.74, 6) is 0.347. The molecule has 4 heteroatoms. The number of phenolic OH excluding ortho intramolecular Hbond substituents is 1. The highest BCUT2D eigenvalue weighted by Crippen LogP contribution is 2.13. The second-order valence-corrected chi connectivity index (χ2v) is 4.27. The van der Waals surface area contributed by atoms with Crippen LogP contribution in [0.25, 0.3) is 0 Å². The molecule has 1 fully saturated rings. The summed E-state index contributed by atoms with van der Waals surface area (Å²) in [6, 6.07) is 7.09. The van der Waals surface area contributed by atoms with Gasteiger partial charge in [0.05, 0.1) is 12.5 Å². The summed E-state index contributed by atoms with van der Waals surface area (Å²) in [6.07, 6.45) is 1.55. The zero-order valence-electron chi connectivity index (χ0n) is 9.69. The van der Waals surface area contributed by atoms with Gasteiger partial charge in [0.25, 0.3) is 0 Å². The summed E-state index contributed by atoms with van der Waals surface area (Å²) in [5, 5.41) is 12.2. The summed E-state index contributed by atoms with van der Waals surface area (Å²) in [7, 11) is 0. The molecule has 1 aliphatic rings. The highest BCUT2D eigenvalue weighted by atomic mass is 16.5. The molecule has 92 valence electrons. The summed E-state index contributed by atoms with van der Waals surface area (Å²) in [5.41, 5.74) is 1.02. The highest BCUT2D eigenvalue weighted by molar-refractivity contribution is 5.78. The van der Waals surface area contributed by atoms with Crippen molar-refractivity contribution in [1.29, 1.82) is 0 Å². The average molecular weight is 235 g/mol. The maximum atomic E-state index is 11.7. The van der Waals surface area contributed by atoms with Crippen LogP contribution in [0.5, 0.6) is 5.75 Å². The Kier molecular flexibility index (Phi) is 3.98. The summed E-state index contributed by atoms with van der Waals surface area (Å²) >= 11 is 0. The lowest BCUT2D eigenvalue weighted by atomic mass is 10.1. The van der Waals surface area contributed by atoms with E-state index in [9.17, 15) is 9.90 Å². The van der Waals surface area contributed by atoms with Gasteiger partial charge in [0.2, 0.25) is 5.91 Å². The minimum Gasteiger partial charge on any atom is -0.508 e. The molecule has 1 aromatic rings. The predicted molar refractivity (Wildman–Crippen MR) is 63.7 cm³/mol. The second-order valence-electron chi connectivity index (χ2n) is 4.27. The molecule has 17 heavy (non-hydrogen) atoms. The third kappa shape index (κ3) is 3.46. The van der Waals surface area contributed by atoms with Crippen LogP contribution in [0.3, 0.4) is 0 Å².